The van der Waals surface area contributed by atoms with Crippen LogP contribution in [-0.4, -0.2) is 69.5 Å². The third-order valence-electron chi connectivity index (χ3n) is 5.72. The molecule has 4 N–H and O–H groups in total. The second-order valence-electron chi connectivity index (χ2n) is 8.29. The summed E-state index contributed by atoms with van der Waals surface area (Å²) in [7, 11) is 1.66. The molecule has 0 aliphatic carbocycles. The minimum Gasteiger partial charge on any atom is -0.475 e. The number of alkyl halides is 3. The molecular weight excluding hydrogens is 495 g/mol. The number of hydrogen-bond acceptors (Lipinski definition) is 6. The maximum absolute atomic E-state index is 13.0. The Kier molecular flexibility index (Phi) is 9.58. The van der Waals surface area contributed by atoms with E-state index in [4.69, 9.17) is 15.6 Å². The number of carbonyl (C=O) groups excluding carboxylic acids is 3. The van der Waals surface area contributed by atoms with Gasteiger partial charge in [0.25, 0.3) is 0 Å². The molecule has 13 heteroatoms. The Bertz CT molecular complexity index is 1130. The number of carbonyl (C=O) groups is 4. The number of carboxylic acid groups (broad SMARTS) is 1. The first-order chi connectivity index (χ1) is 17.3. The second-order valence-corrected chi connectivity index (χ2v) is 8.29. The topological polar surface area (TPSA) is 146 Å². The van der Waals surface area contributed by atoms with E-state index in [1.165, 1.54) is 4.90 Å². The van der Waals surface area contributed by atoms with E-state index < -0.39 is 30.1 Å². The normalized spacial score (nSPS) is 17.6. The number of nitrogens with zero attached hydrogens (tertiary/aromatic N) is 3. The highest BCUT2D eigenvalue weighted by molar-refractivity contribution is 6.09. The van der Waals surface area contributed by atoms with Crippen LogP contribution in [0, 0.1) is 5.92 Å². The number of carboxylic acids is 1. The highest BCUT2D eigenvalue weighted by atomic mass is 19.4. The maximum atomic E-state index is 13.0. The van der Waals surface area contributed by atoms with Crippen molar-refractivity contribution in [1.82, 2.24) is 20.1 Å². The monoisotopic (exact) mass is 523 g/mol. The predicted molar refractivity (Wildman–Crippen MR) is 127 cm³/mol. The summed E-state index contributed by atoms with van der Waals surface area (Å²) in [5.41, 5.74) is 7.45. The third kappa shape index (κ3) is 7.41. The highest BCUT2D eigenvalue weighted by Gasteiger charge is 2.55. The molecule has 3 rings (SSSR count). The van der Waals surface area contributed by atoms with Crippen LogP contribution in [0.25, 0.3) is 0 Å². The smallest absolute Gasteiger partial charge is 0.475 e. The first kappa shape index (κ1) is 29.1. The van der Waals surface area contributed by atoms with Gasteiger partial charge in [0.2, 0.25) is 11.8 Å². The standard InChI is InChI=1S/C22H27N5O3.C2HF3O2/c1-4-26(3)21(29)19-17(12-15-10-11-24-18(23)13-15)20(28)27(19)22(30)25-14(2)16-8-6-5-7-9-16;3-2(4,5)1(6)7/h5-11,13-14,17,19H,4,12H2,1-3H3,(H2,23,24)(H,25,30);(H,6,7)/t14-,17-,19+;/m1./s1. The Morgan fingerprint density at radius 3 is 2.32 bits per heavy atom. The lowest BCUT2D eigenvalue weighted by atomic mass is 9.81. The molecule has 37 heavy (non-hydrogen) atoms. The van der Waals surface area contributed by atoms with Crippen LogP contribution in [0.2, 0.25) is 0 Å². The summed E-state index contributed by atoms with van der Waals surface area (Å²) in [6, 6.07) is 11.2. The fourth-order valence-electron chi connectivity index (χ4n) is 3.59. The number of likely N-dealkylation sites (tertiary alicyclic amines) is 1. The molecule has 2 heterocycles. The maximum Gasteiger partial charge on any atom is 0.490 e. The van der Waals surface area contributed by atoms with Crippen molar-refractivity contribution in [3.63, 3.8) is 0 Å². The number of amides is 4. The van der Waals surface area contributed by atoms with Crippen molar-refractivity contribution < 1.29 is 37.5 Å². The fraction of sp³-hybridized carbons (Fsp3) is 0.375. The van der Waals surface area contributed by atoms with E-state index in [1.807, 2.05) is 44.2 Å². The molecule has 10 nitrogen and oxygen atoms in total. The number of halogens is 3. The van der Waals surface area contributed by atoms with E-state index in [1.54, 1.807) is 25.4 Å². The number of pyridine rings is 1. The largest absolute Gasteiger partial charge is 0.490 e. The van der Waals surface area contributed by atoms with E-state index in [0.29, 0.717) is 18.8 Å². The first-order valence-electron chi connectivity index (χ1n) is 11.2. The van der Waals surface area contributed by atoms with Crippen molar-refractivity contribution in [2.45, 2.75) is 38.5 Å². The van der Waals surface area contributed by atoms with Gasteiger partial charge in [0.15, 0.2) is 0 Å². The van der Waals surface area contributed by atoms with Gasteiger partial charge in [-0.05, 0) is 43.5 Å². The molecule has 1 aliphatic rings. The average Bonchev–Trinajstić information content (AvgIpc) is 2.84. The SMILES string of the molecule is CCN(C)C(=O)[C@@H]1[C@@H](Cc2ccnc(N)c2)C(=O)N1C(=O)N[C@H](C)c1ccccc1.O=C(O)C(F)(F)F. The van der Waals surface area contributed by atoms with Crippen LogP contribution in [0.15, 0.2) is 48.7 Å². The van der Waals surface area contributed by atoms with Crippen LogP contribution >= 0.6 is 0 Å². The van der Waals surface area contributed by atoms with Crippen LogP contribution in [0.4, 0.5) is 23.8 Å². The van der Waals surface area contributed by atoms with Gasteiger partial charge in [0, 0.05) is 19.8 Å². The molecule has 2 aromatic rings. The van der Waals surface area contributed by atoms with Crippen molar-refractivity contribution in [2.24, 2.45) is 5.92 Å². The number of benzene rings is 1. The predicted octanol–water partition coefficient (Wildman–Crippen LogP) is 2.62. The van der Waals surface area contributed by atoms with Crippen LogP contribution in [0.1, 0.15) is 31.0 Å². The molecule has 1 aromatic carbocycles. The Hall–Kier alpha value is -4.16. The molecule has 0 bridgehead atoms. The van der Waals surface area contributed by atoms with Crippen molar-refractivity contribution in [3.05, 3.63) is 59.8 Å². The van der Waals surface area contributed by atoms with Gasteiger partial charge < -0.3 is 21.1 Å². The van der Waals surface area contributed by atoms with Gasteiger partial charge in [-0.25, -0.2) is 14.6 Å². The number of imide groups is 1. The zero-order chi connectivity index (χ0) is 27.9. The van der Waals surface area contributed by atoms with Crippen LogP contribution in [0.3, 0.4) is 0 Å². The summed E-state index contributed by atoms with van der Waals surface area (Å²) < 4.78 is 31.7. The van der Waals surface area contributed by atoms with Gasteiger partial charge in [-0.15, -0.1) is 0 Å². The fourth-order valence-corrected chi connectivity index (χ4v) is 3.59. The molecule has 1 aliphatic heterocycles. The van der Waals surface area contributed by atoms with Gasteiger partial charge >= 0.3 is 18.2 Å². The number of nitrogen functional groups attached to an aromatic ring is 1. The molecule has 0 unspecified atom stereocenters. The van der Waals surface area contributed by atoms with Crippen LogP contribution < -0.4 is 11.1 Å². The number of likely N-dealkylation sites (N-methyl/N-ethyl adjacent to an activating group) is 1. The molecule has 200 valence electrons. The summed E-state index contributed by atoms with van der Waals surface area (Å²) in [4.78, 5) is 54.1. The van der Waals surface area contributed by atoms with Gasteiger partial charge in [-0.2, -0.15) is 13.2 Å². The molecule has 1 saturated heterocycles. The molecule has 4 amide bonds. The number of urea groups is 1. The highest BCUT2D eigenvalue weighted by Crippen LogP contribution is 2.32. The van der Waals surface area contributed by atoms with Crippen molar-refractivity contribution >= 4 is 29.6 Å². The summed E-state index contributed by atoms with van der Waals surface area (Å²) in [6.07, 6.45) is -3.20. The van der Waals surface area contributed by atoms with Crippen LogP contribution in [-0.2, 0) is 20.8 Å². The Balaban J connectivity index is 0.000000604. The van der Waals surface area contributed by atoms with E-state index in [9.17, 15) is 27.6 Å². The third-order valence-corrected chi connectivity index (χ3v) is 5.72. The van der Waals surface area contributed by atoms with Gasteiger partial charge in [0.1, 0.15) is 11.9 Å². The number of aliphatic carboxylic acids is 1. The number of anilines is 1. The summed E-state index contributed by atoms with van der Waals surface area (Å²) in [5.74, 6) is -3.66. The van der Waals surface area contributed by atoms with E-state index in [0.717, 1.165) is 16.0 Å². The Morgan fingerprint density at radius 1 is 1.22 bits per heavy atom. The second kappa shape index (κ2) is 12.2. The summed E-state index contributed by atoms with van der Waals surface area (Å²) in [6.45, 7) is 4.16. The molecule has 0 saturated carbocycles. The van der Waals surface area contributed by atoms with E-state index in [2.05, 4.69) is 10.3 Å². The minimum atomic E-state index is -5.08. The van der Waals surface area contributed by atoms with Crippen molar-refractivity contribution in [1.29, 1.82) is 0 Å². The van der Waals surface area contributed by atoms with Crippen LogP contribution in [0.5, 0.6) is 0 Å². The quantitative estimate of drug-likeness (QED) is 0.494. The summed E-state index contributed by atoms with van der Waals surface area (Å²) in [5, 5.41) is 9.95. The lowest BCUT2D eigenvalue weighted by Crippen LogP contribution is -2.70. The van der Waals surface area contributed by atoms with E-state index in [-0.39, 0.29) is 17.9 Å². The Morgan fingerprint density at radius 2 is 1.81 bits per heavy atom. The molecule has 1 fully saturated rings. The van der Waals surface area contributed by atoms with Gasteiger partial charge in [-0.1, -0.05) is 30.3 Å². The van der Waals surface area contributed by atoms with Crippen molar-refractivity contribution in [3.8, 4) is 0 Å². The number of nitrogens with two attached hydrogens (primary N) is 1. The molecule has 1 aromatic heterocycles. The number of nitrogens with one attached hydrogen (secondary N) is 1. The molecular formula is C24H28F3N5O5. The van der Waals surface area contributed by atoms with E-state index >= 15 is 0 Å². The number of β-lactam (4-membered cyclic amide) rings is 1. The minimum absolute atomic E-state index is 0.258. The zero-order valence-electron chi connectivity index (χ0n) is 20.4. The lowest BCUT2D eigenvalue weighted by molar-refractivity contribution is -0.192. The van der Waals surface area contributed by atoms with Crippen molar-refractivity contribution in [2.75, 3.05) is 19.3 Å². The number of aromatic nitrogens is 1. The molecule has 3 atom stereocenters. The number of hydrogen-bond donors (Lipinski definition) is 3. The summed E-state index contributed by atoms with van der Waals surface area (Å²) >= 11 is 0. The number of rotatable bonds is 6. The molecule has 0 spiro atoms. The zero-order valence-corrected chi connectivity index (χ0v) is 20.4. The van der Waals surface area contributed by atoms with Gasteiger partial charge in [-0.3, -0.25) is 14.5 Å². The average molecular weight is 524 g/mol. The molecule has 0 radical (unpaired) electrons. The lowest BCUT2D eigenvalue weighted by Gasteiger charge is -2.45. The Labute approximate surface area is 211 Å². The first-order valence-corrected chi connectivity index (χ1v) is 11.2. The van der Waals surface area contributed by atoms with Gasteiger partial charge in [0.05, 0.1) is 12.0 Å².